The SMILES string of the molecule is Cc1nn(C(C)C)cc1CN1CCCCC1C(C)N. The Balaban J connectivity index is 2.10. The third kappa shape index (κ3) is 3.37. The van der Waals surface area contributed by atoms with Gasteiger partial charge in [-0.1, -0.05) is 6.42 Å². The molecule has 1 fully saturated rings. The minimum absolute atomic E-state index is 0.251. The average Bonchev–Trinajstić information content (AvgIpc) is 2.72. The van der Waals surface area contributed by atoms with Crippen LogP contribution in [0.25, 0.3) is 0 Å². The molecular formula is C15H28N4. The molecule has 0 amide bonds. The van der Waals surface area contributed by atoms with Gasteiger partial charge in [0.15, 0.2) is 0 Å². The zero-order chi connectivity index (χ0) is 14.0. The lowest BCUT2D eigenvalue weighted by atomic mass is 9.96. The van der Waals surface area contributed by atoms with E-state index in [0.29, 0.717) is 12.1 Å². The van der Waals surface area contributed by atoms with E-state index >= 15 is 0 Å². The third-order valence-corrected chi connectivity index (χ3v) is 4.19. The van der Waals surface area contributed by atoms with E-state index in [0.717, 1.165) is 12.2 Å². The average molecular weight is 264 g/mol. The maximum atomic E-state index is 6.14. The van der Waals surface area contributed by atoms with Gasteiger partial charge in [0, 0.05) is 36.4 Å². The van der Waals surface area contributed by atoms with Crippen molar-refractivity contribution >= 4 is 0 Å². The number of nitrogens with two attached hydrogens (primary N) is 1. The molecule has 1 aliphatic rings. The molecule has 2 N–H and O–H groups in total. The van der Waals surface area contributed by atoms with Gasteiger partial charge in [0.1, 0.15) is 0 Å². The van der Waals surface area contributed by atoms with Crippen molar-refractivity contribution in [1.82, 2.24) is 14.7 Å². The molecule has 0 radical (unpaired) electrons. The van der Waals surface area contributed by atoms with E-state index in [1.807, 2.05) is 0 Å². The molecule has 0 spiro atoms. The van der Waals surface area contributed by atoms with Crippen molar-refractivity contribution in [2.75, 3.05) is 6.54 Å². The lowest BCUT2D eigenvalue weighted by Gasteiger charge is -2.37. The second kappa shape index (κ2) is 6.06. The van der Waals surface area contributed by atoms with Crippen molar-refractivity contribution in [3.05, 3.63) is 17.5 Å². The molecule has 2 rings (SSSR count). The van der Waals surface area contributed by atoms with Crippen LogP contribution < -0.4 is 5.73 Å². The van der Waals surface area contributed by atoms with Crippen LogP contribution in [0.2, 0.25) is 0 Å². The fourth-order valence-corrected chi connectivity index (χ4v) is 2.97. The molecule has 19 heavy (non-hydrogen) atoms. The summed E-state index contributed by atoms with van der Waals surface area (Å²) in [6, 6.07) is 1.20. The third-order valence-electron chi connectivity index (χ3n) is 4.19. The summed E-state index contributed by atoms with van der Waals surface area (Å²) in [5.41, 5.74) is 8.64. The van der Waals surface area contributed by atoms with E-state index in [4.69, 9.17) is 5.73 Å². The number of nitrogens with zero attached hydrogens (tertiary/aromatic N) is 3. The standard InChI is InChI=1S/C15H28N4/c1-11(2)19-10-14(13(4)17-19)9-18-8-6-5-7-15(18)12(3)16/h10-12,15H,5-9,16H2,1-4H3. The van der Waals surface area contributed by atoms with Crippen LogP contribution in [0, 0.1) is 6.92 Å². The van der Waals surface area contributed by atoms with E-state index in [-0.39, 0.29) is 6.04 Å². The summed E-state index contributed by atoms with van der Waals surface area (Å²) < 4.78 is 2.06. The van der Waals surface area contributed by atoms with Gasteiger partial charge >= 0.3 is 0 Å². The molecule has 2 atom stereocenters. The van der Waals surface area contributed by atoms with Crippen LogP contribution in [-0.4, -0.2) is 33.3 Å². The molecule has 2 heterocycles. The molecule has 0 saturated carbocycles. The molecule has 1 aromatic rings. The van der Waals surface area contributed by atoms with Gasteiger partial charge in [-0.3, -0.25) is 9.58 Å². The van der Waals surface area contributed by atoms with Crippen LogP contribution >= 0.6 is 0 Å². The molecule has 1 saturated heterocycles. The number of aryl methyl sites for hydroxylation is 1. The molecule has 108 valence electrons. The fraction of sp³-hybridized carbons (Fsp3) is 0.800. The van der Waals surface area contributed by atoms with Crippen molar-refractivity contribution in [2.24, 2.45) is 5.73 Å². The minimum atomic E-state index is 0.251. The minimum Gasteiger partial charge on any atom is -0.327 e. The van der Waals surface area contributed by atoms with Crippen LogP contribution in [0.15, 0.2) is 6.20 Å². The van der Waals surface area contributed by atoms with E-state index in [1.165, 1.54) is 31.4 Å². The quantitative estimate of drug-likeness (QED) is 0.909. The van der Waals surface area contributed by atoms with E-state index in [1.54, 1.807) is 0 Å². The summed E-state index contributed by atoms with van der Waals surface area (Å²) in [4.78, 5) is 2.54. The number of piperidine rings is 1. The molecule has 0 aliphatic carbocycles. The summed E-state index contributed by atoms with van der Waals surface area (Å²) in [6.07, 6.45) is 6.04. The highest BCUT2D eigenvalue weighted by atomic mass is 15.3. The van der Waals surface area contributed by atoms with Gasteiger partial charge in [-0.15, -0.1) is 0 Å². The van der Waals surface area contributed by atoms with Gasteiger partial charge in [0.05, 0.1) is 5.69 Å². The zero-order valence-electron chi connectivity index (χ0n) is 12.8. The zero-order valence-corrected chi connectivity index (χ0v) is 12.8. The maximum absolute atomic E-state index is 6.14. The van der Waals surface area contributed by atoms with Crippen LogP contribution in [0.3, 0.4) is 0 Å². The molecule has 4 nitrogen and oxygen atoms in total. The predicted molar refractivity (Wildman–Crippen MR) is 79.0 cm³/mol. The number of hydrogen-bond acceptors (Lipinski definition) is 3. The monoisotopic (exact) mass is 264 g/mol. The summed E-state index contributed by atoms with van der Waals surface area (Å²) in [5.74, 6) is 0. The van der Waals surface area contributed by atoms with Crippen molar-refractivity contribution in [3.63, 3.8) is 0 Å². The van der Waals surface area contributed by atoms with Crippen LogP contribution in [0.4, 0.5) is 0 Å². The Hall–Kier alpha value is -0.870. The Bertz CT molecular complexity index is 408. The summed E-state index contributed by atoms with van der Waals surface area (Å²) in [6.45, 7) is 10.7. The smallest absolute Gasteiger partial charge is 0.0638 e. The predicted octanol–water partition coefficient (Wildman–Crippen LogP) is 2.47. The van der Waals surface area contributed by atoms with Gasteiger partial charge in [0.25, 0.3) is 0 Å². The largest absolute Gasteiger partial charge is 0.327 e. The Morgan fingerprint density at radius 1 is 1.37 bits per heavy atom. The van der Waals surface area contributed by atoms with Crippen molar-refractivity contribution in [2.45, 2.75) is 71.6 Å². The first kappa shape index (κ1) is 14.5. The lowest BCUT2D eigenvalue weighted by molar-refractivity contribution is 0.122. The number of rotatable bonds is 4. The van der Waals surface area contributed by atoms with Crippen LogP contribution in [-0.2, 0) is 6.54 Å². The first-order valence-electron chi connectivity index (χ1n) is 7.53. The molecule has 0 bridgehead atoms. The normalized spacial score (nSPS) is 22.9. The summed E-state index contributed by atoms with van der Waals surface area (Å²) in [5, 5.41) is 4.60. The van der Waals surface area contributed by atoms with Crippen molar-refractivity contribution in [3.8, 4) is 0 Å². The summed E-state index contributed by atoms with van der Waals surface area (Å²) in [7, 11) is 0. The van der Waals surface area contributed by atoms with Gasteiger partial charge in [-0.05, 0) is 47.1 Å². The molecule has 1 aromatic heterocycles. The number of aromatic nitrogens is 2. The van der Waals surface area contributed by atoms with Gasteiger partial charge < -0.3 is 5.73 Å². The number of hydrogen-bond donors (Lipinski definition) is 1. The topological polar surface area (TPSA) is 47.1 Å². The van der Waals surface area contributed by atoms with E-state index in [9.17, 15) is 0 Å². The highest BCUT2D eigenvalue weighted by Gasteiger charge is 2.26. The first-order valence-corrected chi connectivity index (χ1v) is 7.53. The fourth-order valence-electron chi connectivity index (χ4n) is 2.97. The second-order valence-electron chi connectivity index (χ2n) is 6.21. The highest BCUT2D eigenvalue weighted by Crippen LogP contribution is 2.22. The molecule has 4 heteroatoms. The molecule has 1 aliphatic heterocycles. The Morgan fingerprint density at radius 3 is 2.68 bits per heavy atom. The second-order valence-corrected chi connectivity index (χ2v) is 6.21. The maximum Gasteiger partial charge on any atom is 0.0638 e. The first-order chi connectivity index (χ1) is 8.99. The van der Waals surface area contributed by atoms with Gasteiger partial charge in [-0.2, -0.15) is 5.10 Å². The highest BCUT2D eigenvalue weighted by molar-refractivity contribution is 5.16. The van der Waals surface area contributed by atoms with E-state index < -0.39 is 0 Å². The van der Waals surface area contributed by atoms with Crippen molar-refractivity contribution < 1.29 is 0 Å². The Morgan fingerprint density at radius 2 is 2.11 bits per heavy atom. The van der Waals surface area contributed by atoms with Gasteiger partial charge in [-0.25, -0.2) is 0 Å². The van der Waals surface area contributed by atoms with E-state index in [2.05, 4.69) is 48.6 Å². The summed E-state index contributed by atoms with van der Waals surface area (Å²) >= 11 is 0. The number of likely N-dealkylation sites (tertiary alicyclic amines) is 1. The molecular weight excluding hydrogens is 236 g/mol. The van der Waals surface area contributed by atoms with Crippen LogP contribution in [0.1, 0.15) is 57.3 Å². The van der Waals surface area contributed by atoms with Crippen molar-refractivity contribution in [1.29, 1.82) is 0 Å². The Labute approximate surface area is 117 Å². The lowest BCUT2D eigenvalue weighted by Crippen LogP contribution is -2.48. The Kier molecular flexibility index (Phi) is 4.63. The van der Waals surface area contributed by atoms with Gasteiger partial charge in [0.2, 0.25) is 0 Å². The van der Waals surface area contributed by atoms with Crippen LogP contribution in [0.5, 0.6) is 0 Å². The molecule has 0 aromatic carbocycles. The molecule has 2 unspecified atom stereocenters.